The van der Waals surface area contributed by atoms with E-state index in [0.29, 0.717) is 5.02 Å². The minimum absolute atomic E-state index is 0.183. The molecule has 0 aromatic heterocycles. The highest BCUT2D eigenvalue weighted by molar-refractivity contribution is 7.91. The highest BCUT2D eigenvalue weighted by atomic mass is 35.5. The normalized spacial score (nSPS) is 12.0. The van der Waals surface area contributed by atoms with Crippen molar-refractivity contribution in [3.8, 4) is 6.07 Å². The molecule has 112 valence electrons. The maximum absolute atomic E-state index is 12.3. The molecule has 0 saturated heterocycles. The number of rotatable bonds is 4. The molecule has 0 atom stereocenters. The van der Waals surface area contributed by atoms with Crippen molar-refractivity contribution in [2.75, 3.05) is 5.75 Å². The van der Waals surface area contributed by atoms with E-state index in [9.17, 15) is 13.7 Å². The quantitative estimate of drug-likeness (QED) is 0.795. The van der Waals surface area contributed by atoms with E-state index in [1.165, 1.54) is 0 Å². The lowest BCUT2D eigenvalue weighted by molar-refractivity contribution is 0.598. The molecule has 0 aliphatic carbocycles. The standard InChI is InChI=1S/C17H14ClNO2S/c1-13-2-8-17(9-3-13)22(20,21)12-15(11-19)10-14-4-6-16(18)7-5-14/h2-10H,12H2,1H3/b15-10+. The Morgan fingerprint density at radius 3 is 2.27 bits per heavy atom. The average Bonchev–Trinajstić information content (AvgIpc) is 2.49. The van der Waals surface area contributed by atoms with Crippen LogP contribution in [0.25, 0.3) is 6.08 Å². The molecule has 0 saturated carbocycles. The molecule has 0 N–H and O–H groups in total. The van der Waals surface area contributed by atoms with Gasteiger partial charge in [-0.2, -0.15) is 5.26 Å². The van der Waals surface area contributed by atoms with E-state index in [1.54, 1.807) is 54.6 Å². The Hall–Kier alpha value is -2.09. The van der Waals surface area contributed by atoms with Crippen LogP contribution in [0, 0.1) is 18.3 Å². The molecule has 0 amide bonds. The van der Waals surface area contributed by atoms with Gasteiger partial charge in [0.25, 0.3) is 0 Å². The van der Waals surface area contributed by atoms with Crippen LogP contribution in [0.15, 0.2) is 59.0 Å². The van der Waals surface area contributed by atoms with E-state index in [-0.39, 0.29) is 16.2 Å². The van der Waals surface area contributed by atoms with Crippen molar-refractivity contribution in [1.29, 1.82) is 5.26 Å². The van der Waals surface area contributed by atoms with Gasteiger partial charge >= 0.3 is 0 Å². The number of hydrogen-bond donors (Lipinski definition) is 0. The van der Waals surface area contributed by atoms with Crippen molar-refractivity contribution in [2.45, 2.75) is 11.8 Å². The van der Waals surface area contributed by atoms with Crippen molar-refractivity contribution in [1.82, 2.24) is 0 Å². The van der Waals surface area contributed by atoms with E-state index >= 15 is 0 Å². The molecule has 0 bridgehead atoms. The van der Waals surface area contributed by atoms with Crippen LogP contribution in [0.2, 0.25) is 5.02 Å². The molecule has 0 unspecified atom stereocenters. The number of sulfone groups is 1. The third-order valence-corrected chi connectivity index (χ3v) is 5.01. The molecule has 3 nitrogen and oxygen atoms in total. The summed E-state index contributed by atoms with van der Waals surface area (Å²) in [6, 6.07) is 15.4. The van der Waals surface area contributed by atoms with Gasteiger partial charge in [0.2, 0.25) is 0 Å². The first kappa shape index (κ1) is 16.3. The maximum Gasteiger partial charge on any atom is 0.183 e. The average molecular weight is 332 g/mol. The molecule has 0 spiro atoms. The lowest BCUT2D eigenvalue weighted by Gasteiger charge is -2.04. The van der Waals surface area contributed by atoms with Gasteiger partial charge in [-0.1, -0.05) is 41.4 Å². The number of benzene rings is 2. The fourth-order valence-corrected chi connectivity index (χ4v) is 3.30. The number of hydrogen-bond acceptors (Lipinski definition) is 3. The van der Waals surface area contributed by atoms with Gasteiger partial charge in [0, 0.05) is 10.6 Å². The Balaban J connectivity index is 2.28. The highest BCUT2D eigenvalue weighted by Crippen LogP contribution is 2.17. The van der Waals surface area contributed by atoms with E-state index in [0.717, 1.165) is 11.1 Å². The lowest BCUT2D eigenvalue weighted by Crippen LogP contribution is -2.08. The first-order chi connectivity index (χ1) is 10.4. The molecule has 22 heavy (non-hydrogen) atoms. The van der Waals surface area contributed by atoms with Gasteiger partial charge in [0.15, 0.2) is 9.84 Å². The molecular weight excluding hydrogens is 318 g/mol. The van der Waals surface area contributed by atoms with E-state index in [1.807, 2.05) is 13.0 Å². The molecular formula is C17H14ClNO2S. The van der Waals surface area contributed by atoms with Crippen molar-refractivity contribution in [3.63, 3.8) is 0 Å². The molecule has 0 aliphatic rings. The topological polar surface area (TPSA) is 57.9 Å². The van der Waals surface area contributed by atoms with Crippen LogP contribution < -0.4 is 0 Å². The minimum Gasteiger partial charge on any atom is -0.223 e. The number of nitriles is 1. The van der Waals surface area contributed by atoms with Gasteiger partial charge in [-0.25, -0.2) is 8.42 Å². The third kappa shape index (κ3) is 4.20. The summed E-state index contributed by atoms with van der Waals surface area (Å²) in [6.07, 6.45) is 1.56. The summed E-state index contributed by atoms with van der Waals surface area (Å²) >= 11 is 5.80. The SMILES string of the molecule is Cc1ccc(S(=O)(=O)C/C(C#N)=C/c2ccc(Cl)cc2)cc1. The van der Waals surface area contributed by atoms with E-state index < -0.39 is 9.84 Å². The molecule has 0 aliphatic heterocycles. The largest absolute Gasteiger partial charge is 0.223 e. The summed E-state index contributed by atoms with van der Waals surface area (Å²) < 4.78 is 24.7. The Labute approximate surface area is 135 Å². The van der Waals surface area contributed by atoms with Crippen molar-refractivity contribution in [3.05, 3.63) is 70.3 Å². The predicted molar refractivity (Wildman–Crippen MR) is 88.3 cm³/mol. The van der Waals surface area contributed by atoms with Crippen LogP contribution in [-0.2, 0) is 9.84 Å². The first-order valence-electron chi connectivity index (χ1n) is 6.56. The third-order valence-electron chi connectivity index (χ3n) is 3.08. The molecule has 0 heterocycles. The van der Waals surface area contributed by atoms with Crippen molar-refractivity contribution < 1.29 is 8.42 Å². The lowest BCUT2D eigenvalue weighted by atomic mass is 10.1. The van der Waals surface area contributed by atoms with Gasteiger partial charge in [-0.05, 0) is 42.8 Å². The molecule has 0 fully saturated rings. The van der Waals surface area contributed by atoms with Crippen LogP contribution in [0.1, 0.15) is 11.1 Å². The Morgan fingerprint density at radius 2 is 1.73 bits per heavy atom. The van der Waals surface area contributed by atoms with Crippen LogP contribution in [0.4, 0.5) is 0 Å². The predicted octanol–water partition coefficient (Wildman–Crippen LogP) is 4.03. The number of halogens is 1. The number of aryl methyl sites for hydroxylation is 1. The van der Waals surface area contributed by atoms with Gasteiger partial charge in [0.1, 0.15) is 0 Å². The summed E-state index contributed by atoms with van der Waals surface area (Å²) in [5.74, 6) is -0.324. The van der Waals surface area contributed by atoms with Crippen molar-refractivity contribution >= 4 is 27.5 Å². The van der Waals surface area contributed by atoms with Gasteiger partial charge in [0.05, 0.1) is 16.7 Å². The molecule has 2 rings (SSSR count). The fourth-order valence-electron chi connectivity index (χ4n) is 1.90. The Bertz CT molecular complexity index is 830. The summed E-state index contributed by atoms with van der Waals surface area (Å²) in [7, 11) is -3.53. The van der Waals surface area contributed by atoms with Gasteiger partial charge in [-0.3, -0.25) is 0 Å². The second-order valence-electron chi connectivity index (χ2n) is 4.91. The summed E-state index contributed by atoms with van der Waals surface area (Å²) in [5, 5.41) is 9.77. The second-order valence-corrected chi connectivity index (χ2v) is 7.33. The zero-order valence-corrected chi connectivity index (χ0v) is 13.5. The van der Waals surface area contributed by atoms with Crippen LogP contribution in [0.5, 0.6) is 0 Å². The highest BCUT2D eigenvalue weighted by Gasteiger charge is 2.16. The van der Waals surface area contributed by atoms with E-state index in [2.05, 4.69) is 0 Å². The molecule has 2 aromatic carbocycles. The first-order valence-corrected chi connectivity index (χ1v) is 8.59. The van der Waals surface area contributed by atoms with Gasteiger partial charge < -0.3 is 0 Å². The Morgan fingerprint density at radius 1 is 1.14 bits per heavy atom. The minimum atomic E-state index is -3.53. The second kappa shape index (κ2) is 6.78. The number of nitrogens with zero attached hydrogens (tertiary/aromatic N) is 1. The van der Waals surface area contributed by atoms with E-state index in [4.69, 9.17) is 11.6 Å². The monoisotopic (exact) mass is 331 g/mol. The van der Waals surface area contributed by atoms with Crippen LogP contribution in [0.3, 0.4) is 0 Å². The zero-order valence-electron chi connectivity index (χ0n) is 12.0. The molecule has 0 radical (unpaired) electrons. The summed E-state index contributed by atoms with van der Waals surface area (Å²) in [5.41, 5.74) is 1.90. The van der Waals surface area contributed by atoms with Crippen LogP contribution in [-0.4, -0.2) is 14.2 Å². The molecule has 2 aromatic rings. The zero-order chi connectivity index (χ0) is 16.2. The van der Waals surface area contributed by atoms with Gasteiger partial charge in [-0.15, -0.1) is 0 Å². The van der Waals surface area contributed by atoms with Crippen LogP contribution >= 0.6 is 11.6 Å². The molecule has 5 heteroatoms. The smallest absolute Gasteiger partial charge is 0.183 e. The fraction of sp³-hybridized carbons (Fsp3) is 0.118. The maximum atomic E-state index is 12.3. The summed E-state index contributed by atoms with van der Waals surface area (Å²) in [6.45, 7) is 1.89. The summed E-state index contributed by atoms with van der Waals surface area (Å²) in [4.78, 5) is 0.218. The Kier molecular flexibility index (Phi) is 5.02. The van der Waals surface area contributed by atoms with Crippen molar-refractivity contribution in [2.24, 2.45) is 0 Å².